The van der Waals surface area contributed by atoms with E-state index in [1.54, 1.807) is 14.2 Å². The number of para-hydroxylation sites is 1. The van der Waals surface area contributed by atoms with Crippen LogP contribution in [-0.4, -0.2) is 26.7 Å². The molecule has 1 aliphatic carbocycles. The van der Waals surface area contributed by atoms with Crippen LogP contribution in [-0.2, 0) is 9.53 Å². The molecule has 4 heteroatoms. The third-order valence-corrected chi connectivity index (χ3v) is 3.87. The van der Waals surface area contributed by atoms with Crippen LogP contribution in [0, 0.1) is 5.92 Å². The van der Waals surface area contributed by atoms with E-state index in [1.807, 2.05) is 24.3 Å². The van der Waals surface area contributed by atoms with E-state index >= 15 is 0 Å². The minimum atomic E-state index is -0.204. The van der Waals surface area contributed by atoms with Gasteiger partial charge in [-0.15, -0.1) is 0 Å². The molecule has 0 fully saturated rings. The van der Waals surface area contributed by atoms with Crippen LogP contribution < -0.4 is 10.1 Å². The maximum atomic E-state index is 12.2. The van der Waals surface area contributed by atoms with Gasteiger partial charge in [-0.1, -0.05) is 30.4 Å². The zero-order chi connectivity index (χ0) is 15.1. The van der Waals surface area contributed by atoms with Crippen molar-refractivity contribution in [3.63, 3.8) is 0 Å². The topological polar surface area (TPSA) is 47.6 Å². The number of hydrogen-bond donors (Lipinski definition) is 1. The fourth-order valence-corrected chi connectivity index (χ4v) is 2.62. The van der Waals surface area contributed by atoms with Gasteiger partial charge >= 0.3 is 0 Å². The van der Waals surface area contributed by atoms with Crippen molar-refractivity contribution in [1.82, 2.24) is 5.32 Å². The number of allylic oxidation sites excluding steroid dienone is 2. The predicted octanol–water partition coefficient (Wildman–Crippen LogP) is 2.86. The molecule has 4 nitrogen and oxygen atoms in total. The highest BCUT2D eigenvalue weighted by Crippen LogP contribution is 2.26. The van der Waals surface area contributed by atoms with Gasteiger partial charge < -0.3 is 14.8 Å². The summed E-state index contributed by atoms with van der Waals surface area (Å²) in [6.45, 7) is 0.454. The average Bonchev–Trinajstić information content (AvgIpc) is 2.56. The highest BCUT2D eigenvalue weighted by Gasteiger charge is 2.21. The summed E-state index contributed by atoms with van der Waals surface area (Å²) < 4.78 is 10.9. The highest BCUT2D eigenvalue weighted by atomic mass is 16.5. The van der Waals surface area contributed by atoms with E-state index in [0.29, 0.717) is 6.54 Å². The molecule has 0 saturated heterocycles. The molecule has 1 amide bonds. The quantitative estimate of drug-likeness (QED) is 0.819. The van der Waals surface area contributed by atoms with Crippen LogP contribution >= 0.6 is 0 Å². The molecule has 1 aromatic carbocycles. The van der Waals surface area contributed by atoms with Crippen LogP contribution in [0.4, 0.5) is 0 Å². The van der Waals surface area contributed by atoms with E-state index in [-0.39, 0.29) is 17.9 Å². The lowest BCUT2D eigenvalue weighted by Gasteiger charge is -2.22. The Hall–Kier alpha value is -1.81. The molecule has 0 aromatic heterocycles. The van der Waals surface area contributed by atoms with Crippen molar-refractivity contribution >= 4 is 5.91 Å². The lowest BCUT2D eigenvalue weighted by atomic mass is 9.93. The molecule has 1 aromatic rings. The first-order valence-corrected chi connectivity index (χ1v) is 7.34. The number of carbonyl (C=O) groups is 1. The Morgan fingerprint density at radius 3 is 2.81 bits per heavy atom. The van der Waals surface area contributed by atoms with Crippen molar-refractivity contribution < 1.29 is 14.3 Å². The monoisotopic (exact) mass is 289 g/mol. The summed E-state index contributed by atoms with van der Waals surface area (Å²) in [7, 11) is 3.28. The second kappa shape index (κ2) is 7.84. The van der Waals surface area contributed by atoms with Crippen molar-refractivity contribution in [3.8, 4) is 5.75 Å². The molecule has 2 rings (SSSR count). The summed E-state index contributed by atoms with van der Waals surface area (Å²) in [5, 5.41) is 3.00. The zero-order valence-corrected chi connectivity index (χ0v) is 12.7. The zero-order valence-electron chi connectivity index (χ0n) is 12.7. The van der Waals surface area contributed by atoms with Crippen LogP contribution in [0.25, 0.3) is 0 Å². The van der Waals surface area contributed by atoms with Crippen LogP contribution in [0.2, 0.25) is 0 Å². The number of amides is 1. The Kier molecular flexibility index (Phi) is 5.81. The van der Waals surface area contributed by atoms with E-state index in [4.69, 9.17) is 9.47 Å². The Morgan fingerprint density at radius 2 is 2.14 bits per heavy atom. The molecule has 114 valence electrons. The molecule has 0 saturated carbocycles. The molecule has 1 N–H and O–H groups in total. The Balaban J connectivity index is 1.96. The molecular weight excluding hydrogens is 266 g/mol. The standard InChI is InChI=1S/C17H23NO3/c1-20-15-11-7-6-10-14(15)16(21-2)12-18-17(19)13-8-4-3-5-9-13/h3-4,6-7,10-11,13,16H,5,8-9,12H2,1-2H3,(H,18,19)/t13-,16+/m1/s1. The fraction of sp³-hybridized carbons (Fsp3) is 0.471. The number of methoxy groups -OCH3 is 2. The van der Waals surface area contributed by atoms with Gasteiger partial charge in [-0.3, -0.25) is 4.79 Å². The van der Waals surface area contributed by atoms with Crippen LogP contribution in [0.15, 0.2) is 36.4 Å². The molecule has 0 spiro atoms. The number of ether oxygens (including phenoxy) is 2. The molecular formula is C17H23NO3. The van der Waals surface area contributed by atoms with Crippen molar-refractivity contribution in [2.24, 2.45) is 5.92 Å². The molecule has 0 heterocycles. The van der Waals surface area contributed by atoms with Gasteiger partial charge in [0.25, 0.3) is 0 Å². The average molecular weight is 289 g/mol. The van der Waals surface area contributed by atoms with Gasteiger partial charge in [0.15, 0.2) is 0 Å². The first-order chi connectivity index (χ1) is 10.3. The summed E-state index contributed by atoms with van der Waals surface area (Å²) in [6, 6.07) is 7.72. The van der Waals surface area contributed by atoms with Gasteiger partial charge in [-0.25, -0.2) is 0 Å². The van der Waals surface area contributed by atoms with Crippen molar-refractivity contribution in [3.05, 3.63) is 42.0 Å². The predicted molar refractivity (Wildman–Crippen MR) is 82.2 cm³/mol. The second-order valence-corrected chi connectivity index (χ2v) is 5.19. The van der Waals surface area contributed by atoms with Gasteiger partial charge in [-0.2, -0.15) is 0 Å². The first-order valence-electron chi connectivity index (χ1n) is 7.34. The molecule has 21 heavy (non-hydrogen) atoms. The Bertz CT molecular complexity index is 499. The van der Waals surface area contributed by atoms with Crippen molar-refractivity contribution in [2.45, 2.75) is 25.4 Å². The fourth-order valence-electron chi connectivity index (χ4n) is 2.62. The van der Waals surface area contributed by atoms with Gasteiger partial charge in [0.1, 0.15) is 11.9 Å². The number of hydrogen-bond acceptors (Lipinski definition) is 3. The third kappa shape index (κ3) is 4.08. The molecule has 0 radical (unpaired) electrons. The Morgan fingerprint density at radius 1 is 1.33 bits per heavy atom. The molecule has 1 aliphatic rings. The highest BCUT2D eigenvalue weighted by molar-refractivity contribution is 5.79. The summed E-state index contributed by atoms with van der Waals surface area (Å²) in [5.41, 5.74) is 0.950. The van der Waals surface area contributed by atoms with E-state index < -0.39 is 0 Å². The maximum Gasteiger partial charge on any atom is 0.223 e. The second-order valence-electron chi connectivity index (χ2n) is 5.19. The van der Waals surface area contributed by atoms with E-state index in [0.717, 1.165) is 30.6 Å². The summed E-state index contributed by atoms with van der Waals surface area (Å²) >= 11 is 0. The SMILES string of the molecule is COc1ccccc1[C@H](CNC(=O)[C@@H]1CC=CCC1)OC. The van der Waals surface area contributed by atoms with Gasteiger partial charge in [0.05, 0.1) is 7.11 Å². The third-order valence-electron chi connectivity index (χ3n) is 3.87. The first kappa shape index (κ1) is 15.6. The largest absolute Gasteiger partial charge is 0.496 e. The van der Waals surface area contributed by atoms with Gasteiger partial charge in [-0.05, 0) is 25.3 Å². The van der Waals surface area contributed by atoms with Crippen LogP contribution in [0.5, 0.6) is 5.75 Å². The molecule has 0 unspecified atom stereocenters. The molecule has 0 bridgehead atoms. The van der Waals surface area contributed by atoms with Crippen molar-refractivity contribution in [2.75, 3.05) is 20.8 Å². The minimum Gasteiger partial charge on any atom is -0.496 e. The summed E-state index contributed by atoms with van der Waals surface area (Å²) in [5.74, 6) is 0.973. The number of benzene rings is 1. The Labute approximate surface area is 126 Å². The smallest absolute Gasteiger partial charge is 0.223 e. The normalized spacial score (nSPS) is 19.0. The number of rotatable bonds is 6. The summed E-state index contributed by atoms with van der Waals surface area (Å²) in [4.78, 5) is 12.2. The summed E-state index contributed by atoms with van der Waals surface area (Å²) in [6.07, 6.45) is 6.76. The lowest BCUT2D eigenvalue weighted by molar-refractivity contribution is -0.125. The van der Waals surface area contributed by atoms with Crippen molar-refractivity contribution in [1.29, 1.82) is 0 Å². The molecule has 0 aliphatic heterocycles. The van der Waals surface area contributed by atoms with E-state index in [9.17, 15) is 4.79 Å². The van der Waals surface area contributed by atoms with Gasteiger partial charge in [0.2, 0.25) is 5.91 Å². The van der Waals surface area contributed by atoms with E-state index in [1.165, 1.54) is 0 Å². The lowest BCUT2D eigenvalue weighted by Crippen LogP contribution is -2.34. The van der Waals surface area contributed by atoms with E-state index in [2.05, 4.69) is 17.5 Å². The van der Waals surface area contributed by atoms with Crippen LogP contribution in [0.1, 0.15) is 30.9 Å². The maximum absolute atomic E-state index is 12.2. The van der Waals surface area contributed by atoms with Crippen LogP contribution in [0.3, 0.4) is 0 Å². The number of nitrogens with one attached hydrogen (secondary N) is 1. The van der Waals surface area contributed by atoms with Gasteiger partial charge in [0, 0.05) is 25.1 Å². The minimum absolute atomic E-state index is 0.0881. The molecule has 2 atom stereocenters. The number of carbonyl (C=O) groups excluding carboxylic acids is 1.